The Bertz CT molecular complexity index is 992. The van der Waals surface area contributed by atoms with Gasteiger partial charge in [-0.25, -0.2) is 4.79 Å². The topological polar surface area (TPSA) is 96.4 Å². The minimum Gasteiger partial charge on any atom is -0.494 e. The van der Waals surface area contributed by atoms with Gasteiger partial charge in [0.1, 0.15) is 5.75 Å². The van der Waals surface area contributed by atoms with E-state index < -0.39 is 5.97 Å². The summed E-state index contributed by atoms with van der Waals surface area (Å²) in [7, 11) is 0. The van der Waals surface area contributed by atoms with E-state index in [-0.39, 0.29) is 23.2 Å². The van der Waals surface area contributed by atoms with Crippen molar-refractivity contribution in [2.24, 2.45) is 0 Å². The molecule has 8 heteroatoms. The van der Waals surface area contributed by atoms with Crippen molar-refractivity contribution < 1.29 is 14.3 Å². The standard InChI is InChI=1S/C18H19N3O4S/c1-3-9-25-12-7-5-11(6-8-12)21-17(22)14-13(10-26-16(14)19)15(20-21)18(23)24-4-2/h5-8,10H,3-4,9,19H2,1-2H3. The van der Waals surface area contributed by atoms with Crippen LogP contribution in [-0.2, 0) is 4.74 Å². The predicted molar refractivity (Wildman–Crippen MR) is 101 cm³/mol. The fourth-order valence-corrected chi connectivity index (χ4v) is 3.29. The molecule has 1 aromatic carbocycles. The van der Waals surface area contributed by atoms with Gasteiger partial charge in [0.05, 0.1) is 29.3 Å². The highest BCUT2D eigenvalue weighted by atomic mass is 32.1. The number of esters is 1. The average Bonchev–Trinajstić information content (AvgIpc) is 3.03. The summed E-state index contributed by atoms with van der Waals surface area (Å²) < 4.78 is 11.8. The van der Waals surface area contributed by atoms with Crippen molar-refractivity contribution in [2.75, 3.05) is 18.9 Å². The van der Waals surface area contributed by atoms with Crippen molar-refractivity contribution in [1.29, 1.82) is 0 Å². The lowest BCUT2D eigenvalue weighted by atomic mass is 10.2. The number of rotatable bonds is 6. The summed E-state index contributed by atoms with van der Waals surface area (Å²) in [5.41, 5.74) is 6.15. The number of nitrogens with two attached hydrogens (primary N) is 1. The van der Waals surface area contributed by atoms with E-state index in [9.17, 15) is 9.59 Å². The van der Waals surface area contributed by atoms with E-state index in [4.69, 9.17) is 15.2 Å². The van der Waals surface area contributed by atoms with Crippen LogP contribution in [0.3, 0.4) is 0 Å². The molecule has 2 aromatic heterocycles. The minimum atomic E-state index is -0.591. The molecule has 3 rings (SSSR count). The number of ether oxygens (including phenoxy) is 2. The summed E-state index contributed by atoms with van der Waals surface area (Å²) in [6.07, 6.45) is 0.903. The van der Waals surface area contributed by atoms with Crippen LogP contribution >= 0.6 is 11.3 Å². The van der Waals surface area contributed by atoms with Gasteiger partial charge in [-0.05, 0) is 37.6 Å². The van der Waals surface area contributed by atoms with E-state index >= 15 is 0 Å². The van der Waals surface area contributed by atoms with Crippen LogP contribution in [0.25, 0.3) is 16.5 Å². The highest BCUT2D eigenvalue weighted by molar-refractivity contribution is 7.15. The van der Waals surface area contributed by atoms with Crippen LogP contribution in [-0.4, -0.2) is 29.0 Å². The molecule has 0 atom stereocenters. The maximum absolute atomic E-state index is 12.8. The number of benzene rings is 1. The van der Waals surface area contributed by atoms with E-state index in [1.807, 2.05) is 6.92 Å². The maximum atomic E-state index is 12.8. The molecular weight excluding hydrogens is 354 g/mol. The lowest BCUT2D eigenvalue weighted by molar-refractivity contribution is 0.0520. The van der Waals surface area contributed by atoms with Gasteiger partial charge in [-0.1, -0.05) is 6.92 Å². The van der Waals surface area contributed by atoms with Gasteiger partial charge >= 0.3 is 5.97 Å². The minimum absolute atomic E-state index is 0.0701. The maximum Gasteiger partial charge on any atom is 0.359 e. The molecule has 0 fully saturated rings. The third kappa shape index (κ3) is 3.28. The van der Waals surface area contributed by atoms with Gasteiger partial charge in [0.2, 0.25) is 0 Å². The molecule has 0 aliphatic carbocycles. The van der Waals surface area contributed by atoms with Crippen LogP contribution in [0.5, 0.6) is 5.75 Å². The first-order valence-corrected chi connectivity index (χ1v) is 9.15. The van der Waals surface area contributed by atoms with Gasteiger partial charge in [-0.15, -0.1) is 11.3 Å². The van der Waals surface area contributed by atoms with Crippen molar-refractivity contribution in [3.05, 3.63) is 45.7 Å². The summed E-state index contributed by atoms with van der Waals surface area (Å²) in [6.45, 7) is 4.56. The Labute approximate surface area is 154 Å². The molecule has 0 unspecified atom stereocenters. The van der Waals surface area contributed by atoms with E-state index in [2.05, 4.69) is 5.10 Å². The third-order valence-corrected chi connectivity index (χ3v) is 4.52. The number of nitrogen functional groups attached to an aromatic ring is 1. The molecule has 0 saturated carbocycles. The van der Waals surface area contributed by atoms with Crippen molar-refractivity contribution in [2.45, 2.75) is 20.3 Å². The van der Waals surface area contributed by atoms with Crippen LogP contribution < -0.4 is 16.0 Å². The molecule has 7 nitrogen and oxygen atoms in total. The van der Waals surface area contributed by atoms with Crippen LogP contribution in [0.2, 0.25) is 0 Å². The van der Waals surface area contributed by atoms with E-state index in [0.717, 1.165) is 6.42 Å². The molecule has 2 N–H and O–H groups in total. The zero-order valence-electron chi connectivity index (χ0n) is 14.5. The molecule has 0 bridgehead atoms. The molecule has 2 heterocycles. The van der Waals surface area contributed by atoms with Crippen LogP contribution in [0.15, 0.2) is 34.4 Å². The van der Waals surface area contributed by atoms with Crippen LogP contribution in [0.1, 0.15) is 30.8 Å². The van der Waals surface area contributed by atoms with Crippen molar-refractivity contribution in [3.63, 3.8) is 0 Å². The molecule has 0 aliphatic heterocycles. The molecule has 136 valence electrons. The second-order valence-corrected chi connectivity index (χ2v) is 6.43. The zero-order valence-corrected chi connectivity index (χ0v) is 15.3. The van der Waals surface area contributed by atoms with Crippen molar-refractivity contribution in [1.82, 2.24) is 9.78 Å². The summed E-state index contributed by atoms with van der Waals surface area (Å²) in [6, 6.07) is 6.93. The SMILES string of the molecule is CCCOc1ccc(-n2nc(C(=O)OCC)c3csc(N)c3c2=O)cc1. The van der Waals surface area contributed by atoms with Gasteiger partial charge < -0.3 is 15.2 Å². The van der Waals surface area contributed by atoms with E-state index in [1.54, 1.807) is 36.6 Å². The Morgan fingerprint density at radius 2 is 2.00 bits per heavy atom. The second kappa shape index (κ2) is 7.57. The Morgan fingerprint density at radius 3 is 2.65 bits per heavy atom. The van der Waals surface area contributed by atoms with Crippen molar-refractivity contribution >= 4 is 33.1 Å². The Balaban J connectivity index is 2.13. The largest absolute Gasteiger partial charge is 0.494 e. The van der Waals surface area contributed by atoms with Gasteiger partial charge in [0, 0.05) is 10.8 Å². The van der Waals surface area contributed by atoms with Gasteiger partial charge in [-0.3, -0.25) is 4.79 Å². The number of hydrogen-bond acceptors (Lipinski definition) is 7. The van der Waals surface area contributed by atoms with E-state index in [1.165, 1.54) is 16.0 Å². The van der Waals surface area contributed by atoms with E-state index in [0.29, 0.717) is 28.4 Å². The monoisotopic (exact) mass is 373 g/mol. The summed E-state index contributed by atoms with van der Waals surface area (Å²) in [5.74, 6) is 0.109. The molecule has 0 radical (unpaired) electrons. The number of thiophene rings is 1. The average molecular weight is 373 g/mol. The number of hydrogen-bond donors (Lipinski definition) is 1. The van der Waals surface area contributed by atoms with Gasteiger partial charge in [-0.2, -0.15) is 9.78 Å². The number of carbonyl (C=O) groups is 1. The summed E-state index contributed by atoms with van der Waals surface area (Å²) in [5, 5.41) is 6.92. The molecule has 0 amide bonds. The molecule has 0 saturated heterocycles. The first-order chi connectivity index (χ1) is 12.6. The number of anilines is 1. The Hall–Kier alpha value is -2.87. The lowest BCUT2D eigenvalue weighted by Crippen LogP contribution is -2.25. The first-order valence-electron chi connectivity index (χ1n) is 8.27. The highest BCUT2D eigenvalue weighted by Crippen LogP contribution is 2.28. The first kappa shape index (κ1) is 17.9. The predicted octanol–water partition coefficient (Wildman–Crippen LogP) is 2.99. The Morgan fingerprint density at radius 1 is 1.27 bits per heavy atom. The number of aromatic nitrogens is 2. The quantitative estimate of drug-likeness (QED) is 0.667. The molecule has 0 aliphatic rings. The molecule has 0 spiro atoms. The lowest BCUT2D eigenvalue weighted by Gasteiger charge is -2.10. The Kier molecular flexibility index (Phi) is 5.22. The second-order valence-electron chi connectivity index (χ2n) is 5.52. The van der Waals surface area contributed by atoms with Gasteiger partial charge in [0.15, 0.2) is 5.69 Å². The van der Waals surface area contributed by atoms with Crippen LogP contribution in [0, 0.1) is 0 Å². The number of nitrogens with zero attached hydrogens (tertiary/aromatic N) is 2. The fraction of sp³-hybridized carbons (Fsp3) is 0.278. The van der Waals surface area contributed by atoms with Gasteiger partial charge in [0.25, 0.3) is 5.56 Å². The summed E-state index contributed by atoms with van der Waals surface area (Å²) >= 11 is 1.19. The number of fused-ring (bicyclic) bond motifs is 1. The van der Waals surface area contributed by atoms with Crippen molar-refractivity contribution in [3.8, 4) is 11.4 Å². The third-order valence-electron chi connectivity index (χ3n) is 3.70. The normalized spacial score (nSPS) is 10.8. The fourth-order valence-electron chi connectivity index (χ4n) is 2.50. The zero-order chi connectivity index (χ0) is 18.7. The smallest absolute Gasteiger partial charge is 0.359 e. The molecule has 3 aromatic rings. The van der Waals surface area contributed by atoms with Crippen LogP contribution in [0.4, 0.5) is 5.00 Å². The summed E-state index contributed by atoms with van der Waals surface area (Å²) in [4.78, 5) is 25.1. The molecular formula is C18H19N3O4S. The number of carbonyl (C=O) groups excluding carboxylic acids is 1. The molecule has 26 heavy (non-hydrogen) atoms. The highest BCUT2D eigenvalue weighted by Gasteiger charge is 2.21.